The number of carbonyl (C=O) groups excluding carboxylic acids is 3. The number of aromatic nitrogens is 2. The fourth-order valence-corrected chi connectivity index (χ4v) is 6.40. The highest BCUT2D eigenvalue weighted by Gasteiger charge is 2.54. The van der Waals surface area contributed by atoms with Crippen molar-refractivity contribution < 1.29 is 29.0 Å². The number of aliphatic carboxylic acids is 1. The molecule has 11 nitrogen and oxygen atoms in total. The van der Waals surface area contributed by atoms with E-state index in [9.17, 15) is 24.3 Å². The van der Waals surface area contributed by atoms with Crippen LogP contribution in [0.5, 0.6) is 5.75 Å². The Labute approximate surface area is 206 Å². The van der Waals surface area contributed by atoms with Gasteiger partial charge in [-0.1, -0.05) is 35.2 Å². The molecule has 178 valence electrons. The molecule has 4 rings (SSSR count). The summed E-state index contributed by atoms with van der Waals surface area (Å²) in [6.45, 7) is -0.238. The lowest BCUT2D eigenvalue weighted by Gasteiger charge is -2.49. The number of carboxylic acids is 1. The minimum atomic E-state index is -1.17. The van der Waals surface area contributed by atoms with Crippen molar-refractivity contribution in [3.05, 3.63) is 46.6 Å². The van der Waals surface area contributed by atoms with Gasteiger partial charge in [-0.05, 0) is 23.3 Å². The van der Waals surface area contributed by atoms with Crippen molar-refractivity contribution in [1.29, 1.82) is 0 Å². The summed E-state index contributed by atoms with van der Waals surface area (Å²) in [5.74, 6) is -1.44. The molecule has 1 unspecified atom stereocenters. The zero-order valence-corrected chi connectivity index (χ0v) is 20.0. The molecule has 0 spiro atoms. The second-order valence-electron chi connectivity index (χ2n) is 7.20. The number of hydrogen-bond acceptors (Lipinski definition) is 11. The highest BCUT2D eigenvalue weighted by atomic mass is 32.2. The predicted octanol–water partition coefficient (Wildman–Crippen LogP) is 0.476. The number of esters is 1. The Kier molecular flexibility index (Phi) is 7.50. The van der Waals surface area contributed by atoms with Crippen molar-refractivity contribution in [2.75, 3.05) is 18.1 Å². The number of hydrogen-bond donors (Lipinski definition) is 3. The third kappa shape index (κ3) is 5.24. The largest absolute Gasteiger partial charge is 0.477 e. The molecule has 1 fully saturated rings. The van der Waals surface area contributed by atoms with E-state index in [1.807, 2.05) is 0 Å². The minimum absolute atomic E-state index is 0.0116. The van der Waals surface area contributed by atoms with Gasteiger partial charge in [-0.25, -0.2) is 4.79 Å². The Morgan fingerprint density at radius 2 is 2.06 bits per heavy atom. The molecule has 1 aromatic carbocycles. The van der Waals surface area contributed by atoms with Crippen molar-refractivity contribution in [2.45, 2.75) is 22.2 Å². The van der Waals surface area contributed by atoms with Gasteiger partial charge in [0.15, 0.2) is 4.34 Å². The van der Waals surface area contributed by atoms with Gasteiger partial charge < -0.3 is 20.9 Å². The van der Waals surface area contributed by atoms with Crippen molar-refractivity contribution >= 4 is 58.6 Å². The number of nitrogens with zero attached hydrogens (tertiary/aromatic N) is 3. The van der Waals surface area contributed by atoms with E-state index in [2.05, 4.69) is 15.5 Å². The molecule has 14 heteroatoms. The normalized spacial score (nSPS) is 19.3. The van der Waals surface area contributed by atoms with Crippen LogP contribution in [0.3, 0.4) is 0 Å². The lowest BCUT2D eigenvalue weighted by atomic mass is 10.0. The monoisotopic (exact) mass is 521 g/mol. The van der Waals surface area contributed by atoms with E-state index in [1.54, 1.807) is 29.8 Å². The number of rotatable bonds is 9. The molecule has 4 N–H and O–H groups in total. The van der Waals surface area contributed by atoms with Crippen LogP contribution in [0.1, 0.15) is 5.56 Å². The minimum Gasteiger partial charge on any atom is -0.477 e. The molecule has 2 amide bonds. The van der Waals surface area contributed by atoms with E-state index in [1.165, 1.54) is 39.8 Å². The average molecular weight is 522 g/mol. The summed E-state index contributed by atoms with van der Waals surface area (Å²) in [5, 5.41) is 19.7. The van der Waals surface area contributed by atoms with Crippen LogP contribution in [0.15, 0.2) is 45.4 Å². The number of fused-ring (bicyclic) bond motifs is 1. The standard InChI is InChI=1S/C20H19N5O6S3/c21-6-14(27)31-12-3-1-10(2-4-12)5-13(26)23-15-17(28)25-16(19(29)30)11(7-32-18(15)25)8-33-20-24-22-9-34-20/h1-4,9,15,18H,5-8,21H2,(H,23,26)(H,29,30)/t15?,18-/m0/s1. The molecule has 1 aromatic heterocycles. The molecule has 2 aliphatic rings. The number of carbonyl (C=O) groups is 4. The molecule has 0 radical (unpaired) electrons. The van der Waals surface area contributed by atoms with E-state index in [0.717, 1.165) is 4.34 Å². The zero-order valence-electron chi connectivity index (χ0n) is 17.5. The molecule has 0 saturated carbocycles. The average Bonchev–Trinajstić information content (AvgIpc) is 3.35. The number of carboxylic acid groups (broad SMARTS) is 1. The molecule has 3 heterocycles. The van der Waals surface area contributed by atoms with Crippen molar-refractivity contribution in [3.8, 4) is 5.75 Å². The molecular weight excluding hydrogens is 502 g/mol. The Balaban J connectivity index is 1.36. The lowest BCUT2D eigenvalue weighted by Crippen LogP contribution is -2.70. The smallest absolute Gasteiger partial charge is 0.352 e. The summed E-state index contributed by atoms with van der Waals surface area (Å²) < 4.78 is 5.70. The fourth-order valence-electron chi connectivity index (χ4n) is 3.43. The van der Waals surface area contributed by atoms with Gasteiger partial charge in [0.05, 0.1) is 13.0 Å². The Morgan fingerprint density at radius 3 is 2.71 bits per heavy atom. The van der Waals surface area contributed by atoms with Crippen molar-refractivity contribution in [1.82, 2.24) is 20.4 Å². The Bertz CT molecular complexity index is 1140. The second kappa shape index (κ2) is 10.5. The van der Waals surface area contributed by atoms with Crippen LogP contribution in [-0.4, -0.2) is 73.4 Å². The predicted molar refractivity (Wildman–Crippen MR) is 125 cm³/mol. The quantitative estimate of drug-likeness (QED) is 0.182. The van der Waals surface area contributed by atoms with E-state index in [0.29, 0.717) is 28.4 Å². The van der Waals surface area contributed by atoms with Crippen molar-refractivity contribution in [3.63, 3.8) is 0 Å². The molecule has 2 aromatic rings. The lowest BCUT2D eigenvalue weighted by molar-refractivity contribution is -0.150. The van der Waals surface area contributed by atoms with Gasteiger partial charge in [-0.15, -0.1) is 22.0 Å². The van der Waals surface area contributed by atoms with Crippen LogP contribution >= 0.6 is 34.9 Å². The number of amides is 2. The second-order valence-corrected chi connectivity index (χ2v) is 10.4. The maximum absolute atomic E-state index is 12.8. The summed E-state index contributed by atoms with van der Waals surface area (Å²) >= 11 is 4.14. The highest BCUT2D eigenvalue weighted by Crippen LogP contribution is 2.41. The van der Waals surface area contributed by atoms with Crippen LogP contribution < -0.4 is 15.8 Å². The third-order valence-corrected chi connectivity index (χ3v) is 8.25. The zero-order chi connectivity index (χ0) is 24.2. The van der Waals surface area contributed by atoms with Crippen molar-refractivity contribution in [2.24, 2.45) is 5.73 Å². The van der Waals surface area contributed by atoms with E-state index < -0.39 is 29.3 Å². The summed E-state index contributed by atoms with van der Waals surface area (Å²) in [7, 11) is 0. The number of ether oxygens (including phenoxy) is 1. The summed E-state index contributed by atoms with van der Waals surface area (Å²) in [4.78, 5) is 49.7. The van der Waals surface area contributed by atoms with E-state index in [4.69, 9.17) is 10.5 Å². The molecule has 2 aliphatic heterocycles. The third-order valence-electron chi connectivity index (χ3n) is 4.96. The number of benzene rings is 1. The highest BCUT2D eigenvalue weighted by molar-refractivity contribution is 8.01. The molecule has 0 aliphatic carbocycles. The molecule has 0 bridgehead atoms. The molecule has 1 saturated heterocycles. The molecule has 2 atom stereocenters. The first-order valence-electron chi connectivity index (χ1n) is 9.95. The first-order chi connectivity index (χ1) is 16.4. The maximum atomic E-state index is 12.8. The Morgan fingerprint density at radius 1 is 1.29 bits per heavy atom. The van der Waals surface area contributed by atoms with Crippen LogP contribution in [0.2, 0.25) is 0 Å². The van der Waals surface area contributed by atoms with E-state index >= 15 is 0 Å². The topological polar surface area (TPSA) is 165 Å². The Hall–Kier alpha value is -2.94. The molecule has 34 heavy (non-hydrogen) atoms. The van der Waals surface area contributed by atoms with Gasteiger partial charge in [-0.2, -0.15) is 0 Å². The number of nitrogens with two attached hydrogens (primary N) is 1. The number of β-lactam (4-membered cyclic amide) rings is 1. The van der Waals surface area contributed by atoms with E-state index in [-0.39, 0.29) is 24.6 Å². The van der Waals surface area contributed by atoms with Gasteiger partial charge in [0.2, 0.25) is 5.91 Å². The molecular formula is C20H19N5O6S3. The van der Waals surface area contributed by atoms with Crippen LogP contribution in [-0.2, 0) is 25.6 Å². The SMILES string of the molecule is NCC(=O)Oc1ccc(CC(=O)NC2C(=O)N3C(C(=O)O)=C(CSc4nncs4)CS[C@@H]23)cc1. The summed E-state index contributed by atoms with van der Waals surface area (Å²) in [5.41, 5.74) is 8.06. The number of nitrogens with one attached hydrogen (secondary N) is 1. The van der Waals surface area contributed by atoms with Gasteiger partial charge in [0.25, 0.3) is 5.91 Å². The van der Waals surface area contributed by atoms with Gasteiger partial charge >= 0.3 is 11.9 Å². The fraction of sp³-hybridized carbons (Fsp3) is 0.300. The van der Waals surface area contributed by atoms with Crippen LogP contribution in [0, 0.1) is 0 Å². The summed E-state index contributed by atoms with van der Waals surface area (Å²) in [6, 6.07) is 5.57. The first-order valence-corrected chi connectivity index (χ1v) is 12.9. The van der Waals surface area contributed by atoms with Crippen LogP contribution in [0.4, 0.5) is 0 Å². The first kappa shape index (κ1) is 24.2. The van der Waals surface area contributed by atoms with Gasteiger partial charge in [-0.3, -0.25) is 19.3 Å². The summed E-state index contributed by atoms with van der Waals surface area (Å²) in [6.07, 6.45) is 0.0116. The number of thioether (sulfide) groups is 2. The van der Waals surface area contributed by atoms with Gasteiger partial charge in [0, 0.05) is 11.5 Å². The van der Waals surface area contributed by atoms with Gasteiger partial charge in [0.1, 0.15) is 28.4 Å². The maximum Gasteiger partial charge on any atom is 0.352 e. The van der Waals surface area contributed by atoms with Crippen LogP contribution in [0.25, 0.3) is 0 Å².